The number of Topliss-reactive ketones (excluding diaryl/α,β-unsaturated/α-hetero) is 1. The molecule has 0 heterocycles. The first-order valence-electron chi connectivity index (χ1n) is 4.30. The van der Waals surface area contributed by atoms with Gasteiger partial charge >= 0.3 is 0 Å². The predicted molar refractivity (Wildman–Crippen MR) is 47.1 cm³/mol. The number of carbonyl (C=O) groups excluding carboxylic acids is 2. The van der Waals surface area contributed by atoms with Gasteiger partial charge in [-0.15, -0.1) is 0 Å². The summed E-state index contributed by atoms with van der Waals surface area (Å²) in [7, 11) is 0. The van der Waals surface area contributed by atoms with Crippen LogP contribution in [0.2, 0.25) is 0 Å². The van der Waals surface area contributed by atoms with E-state index in [4.69, 9.17) is 11.6 Å². The van der Waals surface area contributed by atoms with Crippen LogP contribution in [0.3, 0.4) is 0 Å². The molecule has 12 heavy (non-hydrogen) atoms. The second kappa shape index (κ2) is 3.56. The van der Waals surface area contributed by atoms with Crippen LogP contribution in [-0.4, -0.2) is 11.0 Å². The van der Waals surface area contributed by atoms with Gasteiger partial charge in [-0.2, -0.15) is 0 Å². The van der Waals surface area contributed by atoms with Crippen molar-refractivity contribution >= 4 is 22.6 Å². The second-order valence-electron chi connectivity index (χ2n) is 3.72. The van der Waals surface area contributed by atoms with Crippen molar-refractivity contribution in [2.75, 3.05) is 0 Å². The maximum atomic E-state index is 11.3. The molecule has 1 aliphatic rings. The van der Waals surface area contributed by atoms with E-state index in [9.17, 15) is 9.59 Å². The topological polar surface area (TPSA) is 34.1 Å². The Morgan fingerprint density at radius 1 is 1.17 bits per heavy atom. The molecule has 1 aliphatic carbocycles. The van der Waals surface area contributed by atoms with Gasteiger partial charge in [-0.25, -0.2) is 0 Å². The molecule has 0 aliphatic heterocycles. The molecular weight excluding hydrogens is 176 g/mol. The van der Waals surface area contributed by atoms with E-state index in [2.05, 4.69) is 0 Å². The van der Waals surface area contributed by atoms with Crippen molar-refractivity contribution < 1.29 is 9.59 Å². The highest BCUT2D eigenvalue weighted by Gasteiger charge is 2.37. The summed E-state index contributed by atoms with van der Waals surface area (Å²) < 4.78 is 0. The van der Waals surface area contributed by atoms with Crippen molar-refractivity contribution in [2.24, 2.45) is 5.41 Å². The van der Waals surface area contributed by atoms with Crippen molar-refractivity contribution in [3.63, 3.8) is 0 Å². The first-order chi connectivity index (χ1) is 5.56. The summed E-state index contributed by atoms with van der Waals surface area (Å²) in [6.07, 6.45) is 4.85. The molecule has 0 bridgehead atoms. The molecule has 0 N–H and O–H groups in total. The van der Waals surface area contributed by atoms with Crippen LogP contribution in [0, 0.1) is 5.41 Å². The zero-order valence-corrected chi connectivity index (χ0v) is 7.99. The smallest absolute Gasteiger partial charge is 0.288 e. The van der Waals surface area contributed by atoms with E-state index in [1.165, 1.54) is 6.42 Å². The Hall–Kier alpha value is -0.370. The predicted octanol–water partition coefficient (Wildman–Crippen LogP) is 2.29. The molecule has 0 unspecified atom stereocenters. The van der Waals surface area contributed by atoms with E-state index >= 15 is 0 Å². The maximum Gasteiger partial charge on any atom is 0.288 e. The molecule has 1 fully saturated rings. The van der Waals surface area contributed by atoms with Crippen LogP contribution in [0.1, 0.15) is 39.0 Å². The summed E-state index contributed by atoms with van der Waals surface area (Å²) in [6, 6.07) is 0. The average molecular weight is 189 g/mol. The Kier molecular flexibility index (Phi) is 2.89. The fraction of sp³-hybridized carbons (Fsp3) is 0.778. The lowest BCUT2D eigenvalue weighted by Crippen LogP contribution is -2.33. The Morgan fingerprint density at radius 3 is 2.08 bits per heavy atom. The summed E-state index contributed by atoms with van der Waals surface area (Å²) in [5.41, 5.74) is -0.461. The monoisotopic (exact) mass is 188 g/mol. The zero-order chi connectivity index (χ0) is 9.19. The lowest BCUT2D eigenvalue weighted by molar-refractivity contribution is -0.139. The Balaban J connectivity index is 2.69. The van der Waals surface area contributed by atoms with Crippen LogP contribution < -0.4 is 0 Å². The lowest BCUT2D eigenvalue weighted by atomic mass is 9.73. The molecule has 0 aromatic heterocycles. The summed E-state index contributed by atoms with van der Waals surface area (Å²) in [6.45, 7) is 1.84. The van der Waals surface area contributed by atoms with Crippen molar-refractivity contribution in [3.8, 4) is 0 Å². The van der Waals surface area contributed by atoms with E-state index in [0.717, 1.165) is 25.7 Å². The molecule has 0 aromatic carbocycles. The minimum Gasteiger partial charge on any atom is -0.289 e. The molecule has 3 heteroatoms. The number of carbonyl (C=O) groups is 2. The largest absolute Gasteiger partial charge is 0.289 e. The van der Waals surface area contributed by atoms with Crippen molar-refractivity contribution in [1.82, 2.24) is 0 Å². The highest BCUT2D eigenvalue weighted by atomic mass is 35.5. The molecule has 1 rings (SSSR count). The molecule has 0 aromatic rings. The van der Waals surface area contributed by atoms with Crippen LogP contribution in [0.5, 0.6) is 0 Å². The maximum absolute atomic E-state index is 11.3. The third kappa shape index (κ3) is 1.86. The van der Waals surface area contributed by atoms with Crippen LogP contribution in [0.15, 0.2) is 0 Å². The second-order valence-corrected chi connectivity index (χ2v) is 4.07. The zero-order valence-electron chi connectivity index (χ0n) is 7.23. The van der Waals surface area contributed by atoms with Gasteiger partial charge in [-0.05, 0) is 24.4 Å². The van der Waals surface area contributed by atoms with Gasteiger partial charge < -0.3 is 0 Å². The van der Waals surface area contributed by atoms with Crippen molar-refractivity contribution in [1.29, 1.82) is 0 Å². The third-order valence-corrected chi connectivity index (χ3v) is 2.86. The van der Waals surface area contributed by atoms with Gasteiger partial charge in [-0.3, -0.25) is 9.59 Å². The number of ketones is 1. The van der Waals surface area contributed by atoms with Crippen LogP contribution in [0.25, 0.3) is 0 Å². The fourth-order valence-corrected chi connectivity index (χ4v) is 2.02. The number of halogens is 1. The number of hydrogen-bond acceptors (Lipinski definition) is 2. The molecule has 0 atom stereocenters. The van der Waals surface area contributed by atoms with Gasteiger partial charge in [0, 0.05) is 5.41 Å². The standard InChI is InChI=1S/C9H13ClO2/c1-9(7(11)8(10)12)5-3-2-4-6-9/h2-6H2,1H3. The minimum absolute atomic E-state index is 0.399. The molecule has 0 spiro atoms. The van der Waals surface area contributed by atoms with Gasteiger partial charge in [-0.1, -0.05) is 26.2 Å². The average Bonchev–Trinajstić information content (AvgIpc) is 2.04. The van der Waals surface area contributed by atoms with Crippen LogP contribution in [-0.2, 0) is 9.59 Å². The Labute approximate surface area is 77.3 Å². The first-order valence-corrected chi connectivity index (χ1v) is 4.68. The van der Waals surface area contributed by atoms with Crippen LogP contribution in [0.4, 0.5) is 0 Å². The van der Waals surface area contributed by atoms with E-state index in [0.29, 0.717) is 0 Å². The molecule has 68 valence electrons. The Morgan fingerprint density at radius 2 is 1.67 bits per heavy atom. The third-order valence-electron chi connectivity index (χ3n) is 2.68. The molecule has 1 saturated carbocycles. The van der Waals surface area contributed by atoms with E-state index < -0.39 is 16.4 Å². The van der Waals surface area contributed by atoms with Crippen molar-refractivity contribution in [2.45, 2.75) is 39.0 Å². The Bertz CT molecular complexity index is 205. The van der Waals surface area contributed by atoms with Gasteiger partial charge in [0.1, 0.15) is 0 Å². The molecular formula is C9H13ClO2. The van der Waals surface area contributed by atoms with Gasteiger partial charge in [0.25, 0.3) is 5.24 Å². The SMILES string of the molecule is CC1(C(=O)C(=O)Cl)CCCCC1. The molecule has 0 saturated heterocycles. The van der Waals surface area contributed by atoms with Crippen LogP contribution >= 0.6 is 11.6 Å². The highest BCUT2D eigenvalue weighted by Crippen LogP contribution is 2.36. The summed E-state index contributed by atoms with van der Waals surface area (Å²) in [5.74, 6) is -0.399. The normalized spacial score (nSPS) is 21.8. The first kappa shape index (κ1) is 9.72. The number of hydrogen-bond donors (Lipinski definition) is 0. The molecule has 2 nitrogen and oxygen atoms in total. The number of rotatable bonds is 2. The van der Waals surface area contributed by atoms with E-state index in [1.54, 1.807) is 0 Å². The van der Waals surface area contributed by atoms with E-state index in [-0.39, 0.29) is 0 Å². The quantitative estimate of drug-likeness (QED) is 0.492. The minimum atomic E-state index is -0.806. The summed E-state index contributed by atoms with van der Waals surface area (Å²) >= 11 is 5.16. The van der Waals surface area contributed by atoms with Crippen molar-refractivity contribution in [3.05, 3.63) is 0 Å². The van der Waals surface area contributed by atoms with Gasteiger partial charge in [0.05, 0.1) is 0 Å². The molecule has 0 amide bonds. The van der Waals surface area contributed by atoms with Gasteiger partial charge in [0.2, 0.25) is 5.78 Å². The summed E-state index contributed by atoms with van der Waals surface area (Å²) in [5, 5.41) is -0.806. The van der Waals surface area contributed by atoms with Gasteiger partial charge in [0.15, 0.2) is 0 Å². The molecule has 0 radical (unpaired) electrons. The highest BCUT2D eigenvalue weighted by molar-refractivity contribution is 6.81. The van der Waals surface area contributed by atoms with E-state index in [1.807, 2.05) is 6.92 Å². The lowest BCUT2D eigenvalue weighted by Gasteiger charge is -2.30. The fourth-order valence-electron chi connectivity index (χ4n) is 1.80. The summed E-state index contributed by atoms with van der Waals surface area (Å²) in [4.78, 5) is 22.0.